The normalized spacial score (nSPS) is 10.9. The Balaban J connectivity index is 1.71. The molecule has 0 aliphatic heterocycles. The van der Waals surface area contributed by atoms with E-state index in [0.717, 1.165) is 53.7 Å². The first-order chi connectivity index (χ1) is 15.0. The molecule has 0 aliphatic carbocycles. The summed E-state index contributed by atoms with van der Waals surface area (Å²) in [5.74, 6) is -0.0739. The van der Waals surface area contributed by atoms with E-state index in [1.807, 2.05) is 48.5 Å². The molecular formula is C24H28N2O4S. The first kappa shape index (κ1) is 22.6. The number of thiazole rings is 1. The topological polar surface area (TPSA) is 93.6 Å². The van der Waals surface area contributed by atoms with Crippen molar-refractivity contribution in [1.29, 1.82) is 0 Å². The van der Waals surface area contributed by atoms with Gasteiger partial charge in [-0.3, -0.25) is 14.7 Å². The van der Waals surface area contributed by atoms with Crippen LogP contribution in [0.5, 0.6) is 5.88 Å². The van der Waals surface area contributed by atoms with Crippen LogP contribution >= 0.6 is 11.3 Å². The van der Waals surface area contributed by atoms with Crippen molar-refractivity contribution in [3.05, 3.63) is 68.6 Å². The average molecular weight is 441 g/mol. The summed E-state index contributed by atoms with van der Waals surface area (Å²) in [6.45, 7) is 2.65. The van der Waals surface area contributed by atoms with Crippen LogP contribution in [-0.2, 0) is 6.42 Å². The molecule has 0 aliphatic rings. The van der Waals surface area contributed by atoms with Gasteiger partial charge in [-0.1, -0.05) is 80.3 Å². The summed E-state index contributed by atoms with van der Waals surface area (Å²) in [4.78, 5) is 27.3. The molecule has 1 heterocycles. The minimum atomic E-state index is -0.937. The monoisotopic (exact) mass is 440 g/mol. The lowest BCUT2D eigenvalue weighted by molar-refractivity contribution is 0.201. The Bertz CT molecular complexity index is 1060. The largest absolute Gasteiger partial charge is 0.494 e. The molecule has 0 radical (unpaired) electrons. The number of rotatable bonds is 10. The van der Waals surface area contributed by atoms with Crippen LogP contribution in [0.1, 0.15) is 49.5 Å². The average Bonchev–Trinajstić information content (AvgIpc) is 3.07. The maximum atomic E-state index is 11.8. The number of aromatic amines is 1. The highest BCUT2D eigenvalue weighted by Crippen LogP contribution is 2.27. The number of nitrogens with one attached hydrogen (secondary N) is 1. The van der Waals surface area contributed by atoms with Gasteiger partial charge in [-0.25, -0.2) is 4.79 Å². The molecule has 0 atom stereocenters. The van der Waals surface area contributed by atoms with Crippen molar-refractivity contribution in [2.75, 3.05) is 11.4 Å². The summed E-state index contributed by atoms with van der Waals surface area (Å²) in [5.41, 5.74) is 3.57. The number of aromatic nitrogens is 1. The molecule has 1 aromatic heterocycles. The number of hydrogen-bond donors (Lipinski definition) is 3. The van der Waals surface area contributed by atoms with Gasteiger partial charge in [0.15, 0.2) is 0 Å². The van der Waals surface area contributed by atoms with E-state index < -0.39 is 6.09 Å². The van der Waals surface area contributed by atoms with Crippen LogP contribution in [0.15, 0.2) is 53.3 Å². The fraction of sp³-hybridized carbons (Fsp3) is 0.333. The number of anilines is 1. The van der Waals surface area contributed by atoms with Crippen LogP contribution in [0.2, 0.25) is 0 Å². The lowest BCUT2D eigenvalue weighted by Gasteiger charge is -2.20. The summed E-state index contributed by atoms with van der Waals surface area (Å²) in [6.07, 6.45) is 4.90. The quantitative estimate of drug-likeness (QED) is 0.345. The second-order valence-electron chi connectivity index (χ2n) is 7.56. The Morgan fingerprint density at radius 3 is 2.42 bits per heavy atom. The predicted molar refractivity (Wildman–Crippen MR) is 125 cm³/mol. The molecule has 0 saturated heterocycles. The third kappa shape index (κ3) is 6.21. The van der Waals surface area contributed by atoms with Crippen LogP contribution in [0.3, 0.4) is 0 Å². The van der Waals surface area contributed by atoms with Crippen LogP contribution in [0, 0.1) is 0 Å². The first-order valence-electron chi connectivity index (χ1n) is 10.6. The smallest absolute Gasteiger partial charge is 0.411 e. The van der Waals surface area contributed by atoms with Gasteiger partial charge < -0.3 is 10.2 Å². The minimum absolute atomic E-state index is 0.0739. The van der Waals surface area contributed by atoms with Crippen LogP contribution in [-0.4, -0.2) is 27.8 Å². The molecule has 6 nitrogen and oxygen atoms in total. The number of aromatic hydroxyl groups is 1. The van der Waals surface area contributed by atoms with Gasteiger partial charge in [0.25, 0.3) is 0 Å². The van der Waals surface area contributed by atoms with Gasteiger partial charge in [-0.15, -0.1) is 0 Å². The highest BCUT2D eigenvalue weighted by Gasteiger charge is 2.15. The highest BCUT2D eigenvalue weighted by atomic mass is 32.1. The molecule has 2 aromatic carbocycles. The predicted octanol–water partition coefficient (Wildman–Crippen LogP) is 5.85. The second-order valence-corrected chi connectivity index (χ2v) is 8.63. The Labute approximate surface area is 185 Å². The Morgan fingerprint density at radius 2 is 1.77 bits per heavy atom. The van der Waals surface area contributed by atoms with E-state index in [0.29, 0.717) is 23.5 Å². The van der Waals surface area contributed by atoms with Crippen LogP contribution in [0.4, 0.5) is 10.5 Å². The number of unbranched alkanes of at least 4 members (excludes halogenated alkanes) is 4. The SMILES string of the molecule is CCCCCCCN(C(=O)O)c1cccc(-c2ccc(Cc3sc(=O)[nH]c3O)cc2)c1. The van der Waals surface area contributed by atoms with Gasteiger partial charge >= 0.3 is 11.0 Å². The van der Waals surface area contributed by atoms with Crippen LogP contribution in [0.25, 0.3) is 11.1 Å². The third-order valence-electron chi connectivity index (χ3n) is 5.23. The van der Waals surface area contributed by atoms with Crippen molar-refractivity contribution in [3.8, 4) is 17.0 Å². The summed E-state index contributed by atoms with van der Waals surface area (Å²) >= 11 is 1.01. The molecule has 0 saturated carbocycles. The second kappa shape index (κ2) is 10.8. The fourth-order valence-electron chi connectivity index (χ4n) is 3.53. The maximum absolute atomic E-state index is 11.8. The molecule has 0 bridgehead atoms. The Kier molecular flexibility index (Phi) is 7.89. The molecular weight excluding hydrogens is 412 g/mol. The van der Waals surface area contributed by atoms with E-state index in [-0.39, 0.29) is 10.8 Å². The number of amides is 1. The standard InChI is InChI=1S/C24H28N2O4S/c1-2-3-4-5-6-14-26(24(29)30)20-9-7-8-19(16-20)18-12-10-17(11-13-18)15-21-22(27)25-23(28)31-21/h7-13,16,27H,2-6,14-15H2,1H3,(H,25,28)(H,29,30). The summed E-state index contributed by atoms with van der Waals surface area (Å²) in [7, 11) is 0. The minimum Gasteiger partial charge on any atom is -0.494 e. The van der Waals surface area contributed by atoms with Crippen molar-refractivity contribution in [3.63, 3.8) is 0 Å². The van der Waals surface area contributed by atoms with E-state index >= 15 is 0 Å². The lowest BCUT2D eigenvalue weighted by Crippen LogP contribution is -2.30. The van der Waals surface area contributed by atoms with Crippen molar-refractivity contribution in [1.82, 2.24) is 4.98 Å². The molecule has 3 N–H and O–H groups in total. The number of H-pyrrole nitrogens is 1. The Morgan fingerprint density at radius 1 is 1.03 bits per heavy atom. The van der Waals surface area contributed by atoms with Gasteiger partial charge in [-0.2, -0.15) is 0 Å². The molecule has 31 heavy (non-hydrogen) atoms. The van der Waals surface area contributed by atoms with E-state index in [4.69, 9.17) is 0 Å². The molecule has 0 spiro atoms. The fourth-order valence-corrected chi connectivity index (χ4v) is 4.29. The highest BCUT2D eigenvalue weighted by molar-refractivity contribution is 7.09. The van der Waals surface area contributed by atoms with Crippen LogP contribution < -0.4 is 9.77 Å². The molecule has 3 rings (SSSR count). The zero-order chi connectivity index (χ0) is 22.2. The first-order valence-corrected chi connectivity index (χ1v) is 11.4. The van der Waals surface area contributed by atoms with Crippen molar-refractivity contribution < 1.29 is 15.0 Å². The van der Waals surface area contributed by atoms with Gasteiger partial charge in [0.05, 0.1) is 4.88 Å². The van der Waals surface area contributed by atoms with E-state index in [1.165, 1.54) is 11.3 Å². The molecule has 0 fully saturated rings. The van der Waals surface area contributed by atoms with Gasteiger partial charge in [-0.05, 0) is 35.2 Å². The molecule has 164 valence electrons. The number of carbonyl (C=O) groups is 1. The molecule has 0 unspecified atom stereocenters. The molecule has 1 amide bonds. The number of hydrogen-bond acceptors (Lipinski definition) is 4. The molecule has 3 aromatic rings. The van der Waals surface area contributed by atoms with Gasteiger partial charge in [0.1, 0.15) is 0 Å². The zero-order valence-corrected chi connectivity index (χ0v) is 18.5. The number of carboxylic acid groups (broad SMARTS) is 1. The van der Waals surface area contributed by atoms with E-state index in [2.05, 4.69) is 11.9 Å². The number of nitrogens with zero attached hydrogens (tertiary/aromatic N) is 1. The van der Waals surface area contributed by atoms with Crippen molar-refractivity contribution in [2.45, 2.75) is 45.4 Å². The van der Waals surface area contributed by atoms with Crippen molar-refractivity contribution in [2.24, 2.45) is 0 Å². The maximum Gasteiger partial charge on any atom is 0.411 e. The van der Waals surface area contributed by atoms with E-state index in [1.54, 1.807) is 0 Å². The van der Waals surface area contributed by atoms with Gasteiger partial charge in [0.2, 0.25) is 5.88 Å². The Hall–Kier alpha value is -3.06. The molecule has 7 heteroatoms. The van der Waals surface area contributed by atoms with Crippen molar-refractivity contribution >= 4 is 23.1 Å². The summed E-state index contributed by atoms with van der Waals surface area (Å²) < 4.78 is 0. The van der Waals surface area contributed by atoms with E-state index in [9.17, 15) is 19.8 Å². The summed E-state index contributed by atoms with van der Waals surface area (Å²) in [6, 6.07) is 15.4. The third-order valence-corrected chi connectivity index (χ3v) is 6.10. The van der Waals surface area contributed by atoms with Gasteiger partial charge in [0, 0.05) is 18.7 Å². The lowest BCUT2D eigenvalue weighted by atomic mass is 10.0. The summed E-state index contributed by atoms with van der Waals surface area (Å²) in [5, 5.41) is 19.4. The number of benzene rings is 2. The zero-order valence-electron chi connectivity index (χ0n) is 17.6.